The van der Waals surface area contributed by atoms with Crippen LogP contribution in [-0.4, -0.2) is 28.9 Å². The Morgan fingerprint density at radius 3 is 1.97 bits per heavy atom. The number of carbonyl (C=O) groups is 1. The molecule has 0 bridgehead atoms. The predicted molar refractivity (Wildman–Crippen MR) is 113 cm³/mol. The van der Waals surface area contributed by atoms with Crippen LogP contribution in [0.5, 0.6) is 11.5 Å². The summed E-state index contributed by atoms with van der Waals surface area (Å²) in [4.78, 5) is 11.8. The first kappa shape index (κ1) is 21.0. The highest BCUT2D eigenvalue weighted by molar-refractivity contribution is 5.68. The molecular formula is C24H31NO4. The molecule has 0 heterocycles. The first-order valence-corrected chi connectivity index (χ1v) is 10.1. The Morgan fingerprint density at radius 2 is 1.45 bits per heavy atom. The van der Waals surface area contributed by atoms with Crippen LogP contribution < -0.4 is 10.1 Å². The van der Waals surface area contributed by atoms with Crippen molar-refractivity contribution < 1.29 is 19.4 Å². The van der Waals surface area contributed by atoms with E-state index in [1.165, 1.54) is 5.56 Å². The molecule has 2 aromatic rings. The second-order valence-corrected chi connectivity index (χ2v) is 9.25. The van der Waals surface area contributed by atoms with Crippen molar-refractivity contribution >= 4 is 6.09 Å². The van der Waals surface area contributed by atoms with E-state index in [1.54, 1.807) is 12.1 Å². The van der Waals surface area contributed by atoms with Crippen molar-refractivity contribution in [3.05, 3.63) is 59.7 Å². The summed E-state index contributed by atoms with van der Waals surface area (Å²) in [6.07, 6.45) is 1.28. The number of carbonyl (C=O) groups excluding carboxylic acids is 1. The molecule has 2 aromatic carbocycles. The number of ether oxygens (including phenoxy) is 2. The maximum atomic E-state index is 11.8. The lowest BCUT2D eigenvalue weighted by molar-refractivity contribution is 0.0363. The van der Waals surface area contributed by atoms with Gasteiger partial charge in [-0.25, -0.2) is 4.79 Å². The van der Waals surface area contributed by atoms with Crippen molar-refractivity contribution in [1.29, 1.82) is 0 Å². The zero-order valence-corrected chi connectivity index (χ0v) is 17.9. The van der Waals surface area contributed by atoms with E-state index in [1.807, 2.05) is 45.0 Å². The largest absolute Gasteiger partial charge is 0.508 e. The zero-order chi connectivity index (χ0) is 21.2. The highest BCUT2D eigenvalue weighted by Crippen LogP contribution is 2.34. The molecule has 0 spiro atoms. The number of phenolic OH excluding ortho intramolecular Hbond substituents is 1. The lowest BCUT2D eigenvalue weighted by Gasteiger charge is -2.36. The molecular weight excluding hydrogens is 366 g/mol. The summed E-state index contributed by atoms with van der Waals surface area (Å²) in [6.45, 7) is 9.88. The maximum absolute atomic E-state index is 11.8. The molecule has 0 saturated heterocycles. The third-order valence-corrected chi connectivity index (χ3v) is 5.28. The summed E-state index contributed by atoms with van der Waals surface area (Å²) in [5.41, 5.74) is 1.65. The van der Waals surface area contributed by atoms with Crippen LogP contribution in [0.15, 0.2) is 48.5 Å². The first-order chi connectivity index (χ1) is 13.5. The van der Waals surface area contributed by atoms with Gasteiger partial charge in [-0.3, -0.25) is 0 Å². The molecule has 1 amide bonds. The van der Waals surface area contributed by atoms with Gasteiger partial charge in [-0.2, -0.15) is 0 Å². The summed E-state index contributed by atoms with van der Waals surface area (Å²) in [5, 5.41) is 12.4. The third kappa shape index (κ3) is 5.43. The van der Waals surface area contributed by atoms with Crippen LogP contribution in [0, 0.1) is 0 Å². The average molecular weight is 398 g/mol. The fraction of sp³-hybridized carbons (Fsp3) is 0.458. The minimum Gasteiger partial charge on any atom is -0.508 e. The first-order valence-electron chi connectivity index (χ1n) is 10.1. The fourth-order valence-corrected chi connectivity index (χ4v) is 3.44. The number of rotatable bonds is 5. The van der Waals surface area contributed by atoms with Crippen molar-refractivity contribution in [3.8, 4) is 11.5 Å². The summed E-state index contributed by atoms with van der Waals surface area (Å²) in [6, 6.07) is 15.6. The molecule has 1 saturated carbocycles. The number of alkyl carbamates (subject to hydrolysis) is 1. The average Bonchev–Trinajstić information content (AvgIpc) is 2.59. The van der Waals surface area contributed by atoms with Crippen molar-refractivity contribution in [1.82, 2.24) is 5.32 Å². The molecule has 0 aromatic heterocycles. The smallest absolute Gasteiger partial charge is 0.407 e. The van der Waals surface area contributed by atoms with E-state index in [-0.39, 0.29) is 29.4 Å². The molecule has 3 rings (SSSR count). The molecule has 0 unspecified atom stereocenters. The molecule has 0 atom stereocenters. The van der Waals surface area contributed by atoms with E-state index < -0.39 is 5.60 Å². The van der Waals surface area contributed by atoms with E-state index in [0.29, 0.717) is 0 Å². The summed E-state index contributed by atoms with van der Waals surface area (Å²) in [7, 11) is 0. The lowest BCUT2D eigenvalue weighted by Crippen LogP contribution is -2.50. The number of hydrogen-bond acceptors (Lipinski definition) is 4. The fourth-order valence-electron chi connectivity index (χ4n) is 3.44. The quantitative estimate of drug-likeness (QED) is 0.732. The van der Waals surface area contributed by atoms with E-state index in [9.17, 15) is 9.90 Å². The number of benzene rings is 2. The van der Waals surface area contributed by atoms with Gasteiger partial charge in [0, 0.05) is 24.3 Å². The highest BCUT2D eigenvalue weighted by Gasteiger charge is 2.33. The van der Waals surface area contributed by atoms with Gasteiger partial charge in [0.1, 0.15) is 23.2 Å². The number of amides is 1. The molecule has 5 nitrogen and oxygen atoms in total. The van der Waals surface area contributed by atoms with E-state index >= 15 is 0 Å². The van der Waals surface area contributed by atoms with Gasteiger partial charge in [0.05, 0.1) is 0 Å². The summed E-state index contributed by atoms with van der Waals surface area (Å²) < 4.78 is 11.3. The second-order valence-electron chi connectivity index (χ2n) is 9.25. The van der Waals surface area contributed by atoms with Gasteiger partial charge in [-0.1, -0.05) is 38.1 Å². The molecule has 0 aliphatic heterocycles. The number of phenols is 1. The van der Waals surface area contributed by atoms with Crippen molar-refractivity contribution in [2.75, 3.05) is 0 Å². The molecule has 1 aliphatic carbocycles. The SMILES string of the molecule is CC(C)(C)OC(=O)N[C@H]1C[C@H](Oc2ccc(C(C)(C)c3ccc(O)cc3)cc2)C1. The van der Waals surface area contributed by atoms with Crippen LogP contribution in [0.3, 0.4) is 0 Å². The summed E-state index contributed by atoms with van der Waals surface area (Å²) in [5.74, 6) is 1.10. The van der Waals surface area contributed by atoms with Gasteiger partial charge in [0.2, 0.25) is 0 Å². The summed E-state index contributed by atoms with van der Waals surface area (Å²) >= 11 is 0. The van der Waals surface area contributed by atoms with Crippen LogP contribution >= 0.6 is 0 Å². The highest BCUT2D eigenvalue weighted by atomic mass is 16.6. The standard InChI is InChI=1S/C24H31NO4/c1-23(2,3)29-22(27)25-18-14-21(15-18)28-20-12-8-17(9-13-20)24(4,5)16-6-10-19(26)11-7-16/h6-13,18,21,26H,14-15H2,1-5H3,(H,25,27)/t18-,21-. The number of aromatic hydroxyl groups is 1. The van der Waals surface area contributed by atoms with Crippen LogP contribution in [0.2, 0.25) is 0 Å². The third-order valence-electron chi connectivity index (χ3n) is 5.28. The van der Waals surface area contributed by atoms with Crippen molar-refractivity contribution in [2.45, 2.75) is 70.6 Å². The Bertz CT molecular complexity index is 829. The predicted octanol–water partition coefficient (Wildman–Crippen LogP) is 5.15. The van der Waals surface area contributed by atoms with Crippen LogP contribution in [0.4, 0.5) is 4.79 Å². The van der Waals surface area contributed by atoms with Gasteiger partial charge in [-0.15, -0.1) is 0 Å². The van der Waals surface area contributed by atoms with E-state index in [4.69, 9.17) is 9.47 Å². The molecule has 1 fully saturated rings. The van der Waals surface area contributed by atoms with E-state index in [0.717, 1.165) is 24.2 Å². The maximum Gasteiger partial charge on any atom is 0.407 e. The normalized spacial score (nSPS) is 19.2. The van der Waals surface area contributed by atoms with Gasteiger partial charge < -0.3 is 19.9 Å². The van der Waals surface area contributed by atoms with Crippen LogP contribution in [-0.2, 0) is 10.2 Å². The Kier molecular flexibility index (Phi) is 5.78. The van der Waals surface area contributed by atoms with Gasteiger partial charge in [-0.05, 0) is 56.2 Å². The van der Waals surface area contributed by atoms with Gasteiger partial charge in [0.25, 0.3) is 0 Å². The molecule has 156 valence electrons. The monoisotopic (exact) mass is 397 g/mol. The zero-order valence-electron chi connectivity index (χ0n) is 17.9. The second kappa shape index (κ2) is 7.97. The minimum atomic E-state index is -0.487. The van der Waals surface area contributed by atoms with Crippen LogP contribution in [0.25, 0.3) is 0 Å². The topological polar surface area (TPSA) is 67.8 Å². The molecule has 1 aliphatic rings. The van der Waals surface area contributed by atoms with Crippen molar-refractivity contribution in [3.63, 3.8) is 0 Å². The Balaban J connectivity index is 1.52. The molecule has 29 heavy (non-hydrogen) atoms. The molecule has 5 heteroatoms. The lowest BCUT2D eigenvalue weighted by atomic mass is 9.78. The van der Waals surface area contributed by atoms with Gasteiger partial charge in [0.15, 0.2) is 0 Å². The van der Waals surface area contributed by atoms with E-state index in [2.05, 4.69) is 31.3 Å². The Labute approximate surface area is 173 Å². The molecule has 0 radical (unpaired) electrons. The molecule has 2 N–H and O–H groups in total. The minimum absolute atomic E-state index is 0.0996. The Morgan fingerprint density at radius 1 is 0.931 bits per heavy atom. The Hall–Kier alpha value is -2.69. The number of hydrogen-bond donors (Lipinski definition) is 2. The van der Waals surface area contributed by atoms with Gasteiger partial charge >= 0.3 is 6.09 Å². The number of nitrogens with one attached hydrogen (secondary N) is 1. The van der Waals surface area contributed by atoms with Crippen molar-refractivity contribution in [2.24, 2.45) is 0 Å². The van der Waals surface area contributed by atoms with Crippen LogP contribution in [0.1, 0.15) is 58.6 Å².